The normalized spacial score (nSPS) is 19.8. The number of hydrogen-bond donors (Lipinski definition) is 1. The van der Waals surface area contributed by atoms with Crippen LogP contribution in [0.5, 0.6) is 0 Å². The molecule has 4 nitrogen and oxygen atoms in total. The third-order valence-electron chi connectivity index (χ3n) is 5.30. The van der Waals surface area contributed by atoms with Gasteiger partial charge in [0, 0.05) is 24.3 Å². The number of carboxylic acid groups (broad SMARTS) is 1. The predicted octanol–water partition coefficient (Wildman–Crippen LogP) is 5.46. The average molecular weight is 410 g/mol. The lowest BCUT2D eigenvalue weighted by atomic mass is 9.89. The molecule has 0 heterocycles. The van der Waals surface area contributed by atoms with E-state index >= 15 is 0 Å². The Morgan fingerprint density at radius 1 is 1.10 bits per heavy atom. The summed E-state index contributed by atoms with van der Waals surface area (Å²) in [4.78, 5) is 35.0. The molecular formula is C22H25F3O4. The maximum absolute atomic E-state index is 13.1. The summed E-state index contributed by atoms with van der Waals surface area (Å²) < 4.78 is 39.2. The van der Waals surface area contributed by atoms with E-state index < -0.39 is 29.1 Å². The molecule has 1 aliphatic rings. The van der Waals surface area contributed by atoms with Gasteiger partial charge in [-0.05, 0) is 37.3 Å². The van der Waals surface area contributed by atoms with Gasteiger partial charge in [0.2, 0.25) is 0 Å². The first kappa shape index (κ1) is 22.8. The Kier molecular flexibility index (Phi) is 8.17. The average Bonchev–Trinajstić information content (AvgIpc) is 3.01. The largest absolute Gasteiger partial charge is 0.481 e. The van der Waals surface area contributed by atoms with Gasteiger partial charge in [-0.15, -0.1) is 0 Å². The van der Waals surface area contributed by atoms with Crippen LogP contribution in [0.3, 0.4) is 0 Å². The maximum atomic E-state index is 13.1. The van der Waals surface area contributed by atoms with E-state index in [0.29, 0.717) is 25.7 Å². The van der Waals surface area contributed by atoms with Gasteiger partial charge in [-0.1, -0.05) is 43.5 Å². The predicted molar refractivity (Wildman–Crippen MR) is 101 cm³/mol. The zero-order chi connectivity index (χ0) is 21.4. The van der Waals surface area contributed by atoms with Crippen LogP contribution in [0.4, 0.5) is 13.2 Å². The molecule has 7 heteroatoms. The summed E-state index contributed by atoms with van der Waals surface area (Å²) in [5.74, 6) is -1.80. The van der Waals surface area contributed by atoms with E-state index in [4.69, 9.17) is 5.11 Å². The van der Waals surface area contributed by atoms with Crippen molar-refractivity contribution < 1.29 is 32.7 Å². The van der Waals surface area contributed by atoms with Gasteiger partial charge in [0.25, 0.3) is 0 Å². The van der Waals surface area contributed by atoms with Crippen LogP contribution < -0.4 is 0 Å². The number of Topliss-reactive ketones (excluding diaryl/α,β-unsaturated/α-hetero) is 1. The van der Waals surface area contributed by atoms with Crippen molar-refractivity contribution in [1.82, 2.24) is 0 Å². The maximum Gasteiger partial charge on any atom is 0.417 e. The summed E-state index contributed by atoms with van der Waals surface area (Å²) in [5, 5.41) is 8.62. The third-order valence-corrected chi connectivity index (χ3v) is 5.30. The number of halogens is 3. The number of rotatable bonds is 10. The van der Waals surface area contributed by atoms with Crippen molar-refractivity contribution in [3.8, 4) is 0 Å². The molecule has 0 aromatic heterocycles. The topological polar surface area (TPSA) is 71.4 Å². The van der Waals surface area contributed by atoms with Gasteiger partial charge in [0.1, 0.15) is 5.78 Å². The lowest BCUT2D eigenvalue weighted by Gasteiger charge is -2.15. The van der Waals surface area contributed by atoms with Crippen LogP contribution in [0, 0.1) is 11.8 Å². The SMILES string of the molecule is O=C(O)CCCCCCC1C(=O)CCC1/C=C/C(=O)c1ccccc1C(F)(F)F. The fourth-order valence-corrected chi connectivity index (χ4v) is 3.78. The minimum Gasteiger partial charge on any atom is -0.481 e. The standard InChI is InChI=1S/C22H25F3O4/c23-22(24,25)18-9-6-5-8-17(18)20(27)14-12-15-11-13-19(26)16(15)7-3-1-2-4-10-21(28)29/h5-6,8-9,12,14-16H,1-4,7,10-11,13H2,(H,28,29)/b14-12+. The molecular weight excluding hydrogens is 385 g/mol. The summed E-state index contributed by atoms with van der Waals surface area (Å²) in [6.07, 6.45) is 2.90. The van der Waals surface area contributed by atoms with Gasteiger partial charge in [0.15, 0.2) is 5.78 Å². The Balaban J connectivity index is 1.94. The van der Waals surface area contributed by atoms with Crippen LogP contribution in [0.25, 0.3) is 0 Å². The lowest BCUT2D eigenvalue weighted by molar-refractivity contribution is -0.138. The number of allylic oxidation sites excluding steroid dienone is 2. The van der Waals surface area contributed by atoms with Crippen molar-refractivity contribution in [3.05, 3.63) is 47.5 Å². The number of carboxylic acids is 1. The van der Waals surface area contributed by atoms with Gasteiger partial charge in [-0.25, -0.2) is 0 Å². The van der Waals surface area contributed by atoms with Crippen LogP contribution in [-0.2, 0) is 15.8 Å². The van der Waals surface area contributed by atoms with Crippen LogP contribution in [-0.4, -0.2) is 22.6 Å². The van der Waals surface area contributed by atoms with Gasteiger partial charge in [-0.3, -0.25) is 14.4 Å². The Labute approximate surface area is 167 Å². The molecule has 1 saturated carbocycles. The summed E-state index contributed by atoms with van der Waals surface area (Å²) in [6.45, 7) is 0. The van der Waals surface area contributed by atoms with E-state index in [0.717, 1.165) is 37.5 Å². The van der Waals surface area contributed by atoms with Gasteiger partial charge >= 0.3 is 12.1 Å². The first-order valence-electron chi connectivity index (χ1n) is 9.83. The van der Waals surface area contributed by atoms with Gasteiger partial charge < -0.3 is 5.11 Å². The molecule has 1 N–H and O–H groups in total. The molecule has 0 radical (unpaired) electrons. The quantitative estimate of drug-likeness (QED) is 0.316. The number of ketones is 2. The van der Waals surface area contributed by atoms with E-state index in [1.807, 2.05) is 0 Å². The van der Waals surface area contributed by atoms with Gasteiger partial charge in [-0.2, -0.15) is 13.2 Å². The molecule has 1 fully saturated rings. The van der Waals surface area contributed by atoms with Crippen molar-refractivity contribution >= 4 is 17.5 Å². The smallest absolute Gasteiger partial charge is 0.417 e. The fourth-order valence-electron chi connectivity index (χ4n) is 3.78. The summed E-state index contributed by atoms with van der Waals surface area (Å²) in [6, 6.07) is 4.67. The van der Waals surface area contributed by atoms with Crippen molar-refractivity contribution in [3.63, 3.8) is 0 Å². The van der Waals surface area contributed by atoms with Crippen LogP contribution in [0.15, 0.2) is 36.4 Å². The Morgan fingerprint density at radius 3 is 2.48 bits per heavy atom. The highest BCUT2D eigenvalue weighted by Crippen LogP contribution is 2.35. The number of hydrogen-bond acceptors (Lipinski definition) is 3. The molecule has 0 bridgehead atoms. The number of carbonyl (C=O) groups is 3. The Bertz CT molecular complexity index is 768. The summed E-state index contributed by atoms with van der Waals surface area (Å²) in [7, 11) is 0. The summed E-state index contributed by atoms with van der Waals surface area (Å²) in [5.41, 5.74) is -1.36. The molecule has 0 amide bonds. The highest BCUT2D eigenvalue weighted by molar-refractivity contribution is 6.05. The molecule has 2 rings (SSSR count). The second-order valence-corrected chi connectivity index (χ2v) is 7.39. The van der Waals surface area contributed by atoms with Crippen LogP contribution >= 0.6 is 0 Å². The second-order valence-electron chi connectivity index (χ2n) is 7.39. The van der Waals surface area contributed by atoms with E-state index in [2.05, 4.69) is 0 Å². The first-order valence-corrected chi connectivity index (χ1v) is 9.83. The van der Waals surface area contributed by atoms with E-state index in [1.165, 1.54) is 12.1 Å². The summed E-state index contributed by atoms with van der Waals surface area (Å²) >= 11 is 0. The molecule has 0 saturated heterocycles. The second kappa shape index (κ2) is 10.4. The third kappa shape index (κ3) is 6.84. The van der Waals surface area contributed by atoms with Gasteiger partial charge in [0.05, 0.1) is 5.56 Å². The van der Waals surface area contributed by atoms with E-state index in [9.17, 15) is 27.6 Å². The molecule has 2 unspecified atom stereocenters. The number of alkyl halides is 3. The van der Waals surface area contributed by atoms with Crippen molar-refractivity contribution in [2.75, 3.05) is 0 Å². The Morgan fingerprint density at radius 2 is 1.79 bits per heavy atom. The van der Waals surface area contributed by atoms with E-state index in [-0.39, 0.29) is 24.0 Å². The number of benzene rings is 1. The molecule has 0 aliphatic heterocycles. The molecule has 1 aliphatic carbocycles. The lowest BCUT2D eigenvalue weighted by Crippen LogP contribution is -2.14. The molecule has 2 atom stereocenters. The molecule has 0 spiro atoms. The highest BCUT2D eigenvalue weighted by Gasteiger charge is 2.35. The molecule has 158 valence electrons. The zero-order valence-corrected chi connectivity index (χ0v) is 16.1. The van der Waals surface area contributed by atoms with E-state index in [1.54, 1.807) is 6.08 Å². The molecule has 29 heavy (non-hydrogen) atoms. The Hall–Kier alpha value is -2.44. The minimum atomic E-state index is -4.60. The number of aliphatic carboxylic acids is 1. The fraction of sp³-hybridized carbons (Fsp3) is 0.500. The number of carbonyl (C=O) groups excluding carboxylic acids is 2. The van der Waals surface area contributed by atoms with Crippen molar-refractivity contribution in [2.24, 2.45) is 11.8 Å². The van der Waals surface area contributed by atoms with Crippen molar-refractivity contribution in [2.45, 2.75) is 57.5 Å². The molecule has 1 aromatic carbocycles. The number of unbranched alkanes of at least 4 members (excludes halogenated alkanes) is 3. The van der Waals surface area contributed by atoms with Crippen LogP contribution in [0.1, 0.15) is 67.3 Å². The first-order chi connectivity index (χ1) is 13.7. The van der Waals surface area contributed by atoms with Crippen LogP contribution in [0.2, 0.25) is 0 Å². The van der Waals surface area contributed by atoms with Crippen molar-refractivity contribution in [1.29, 1.82) is 0 Å². The molecule has 1 aromatic rings. The monoisotopic (exact) mass is 410 g/mol. The minimum absolute atomic E-state index is 0.119. The highest BCUT2D eigenvalue weighted by atomic mass is 19.4. The zero-order valence-electron chi connectivity index (χ0n) is 16.1.